The zero-order valence-electron chi connectivity index (χ0n) is 44.7. The SMILES string of the molecule is CCO[C@@H]1c2coc(n2)-c2ccc3c(c2)c(c(-c2cc(N4CCN(C5COC5)CC4)cnc2[C@H](C)OC)n3CCOC2CCOCC2)CC(C)(C)COC(=O)[C@@H]2CCCN(N2)C(=O)[C@H]1NC(=O)[C@@H]1[C@@H](C)[C@H]1C(C)C. The number of cyclic esters (lactones) is 1. The summed E-state index contributed by atoms with van der Waals surface area (Å²) in [5.41, 5.74) is 9.56. The highest BCUT2D eigenvalue weighted by atomic mass is 16.5. The predicted molar refractivity (Wildman–Crippen MR) is 278 cm³/mol. The lowest BCUT2D eigenvalue weighted by Gasteiger charge is -2.43. The summed E-state index contributed by atoms with van der Waals surface area (Å²) in [5, 5.41) is 5.55. The summed E-state index contributed by atoms with van der Waals surface area (Å²) in [6, 6.07) is 7.07. The number of aromatic nitrogens is 3. The third kappa shape index (κ3) is 10.9. The minimum Gasteiger partial charge on any atom is -0.464 e. The summed E-state index contributed by atoms with van der Waals surface area (Å²) >= 11 is 0. The average Bonchev–Trinajstić information content (AvgIpc) is 3.68. The van der Waals surface area contributed by atoms with E-state index in [2.05, 4.69) is 77.9 Å². The maximum atomic E-state index is 14.9. The van der Waals surface area contributed by atoms with Crippen molar-refractivity contribution in [1.29, 1.82) is 0 Å². The Kier molecular flexibility index (Phi) is 15.8. The number of anilines is 1. The molecule has 0 spiro atoms. The fraction of sp³-hybridized carbons (Fsp3) is 0.661. The molecule has 74 heavy (non-hydrogen) atoms. The fourth-order valence-electron chi connectivity index (χ4n) is 12.2. The molecular weight excluding hydrogens is 945 g/mol. The van der Waals surface area contributed by atoms with E-state index >= 15 is 0 Å². The molecule has 7 atom stereocenters. The number of oxazole rings is 1. The van der Waals surface area contributed by atoms with Gasteiger partial charge in [-0.15, -0.1) is 0 Å². The van der Waals surface area contributed by atoms with E-state index in [9.17, 15) is 14.4 Å². The normalized spacial score (nSPS) is 26.7. The highest BCUT2D eigenvalue weighted by molar-refractivity contribution is 5.95. The van der Waals surface area contributed by atoms with Crippen molar-refractivity contribution in [2.45, 2.75) is 124 Å². The number of ether oxygens (including phenoxy) is 6. The Morgan fingerprint density at radius 2 is 1.78 bits per heavy atom. The van der Waals surface area contributed by atoms with Gasteiger partial charge in [0.2, 0.25) is 11.8 Å². The van der Waals surface area contributed by atoms with E-state index < -0.39 is 35.5 Å². The molecule has 1 aromatic carbocycles. The van der Waals surface area contributed by atoms with Crippen molar-refractivity contribution in [3.8, 4) is 22.7 Å². The number of methoxy groups -OCH3 is 1. The molecule has 0 radical (unpaired) electrons. The van der Waals surface area contributed by atoms with Crippen molar-refractivity contribution < 1.29 is 47.2 Å². The van der Waals surface area contributed by atoms with Crippen molar-refractivity contribution >= 4 is 34.4 Å². The van der Waals surface area contributed by atoms with E-state index in [1.807, 2.05) is 26.1 Å². The number of esters is 1. The standard InChI is InChI=1S/C56H78N8O10/c1-9-71-51-44-31-73-53(58-44)36-12-13-45-40(25-36)42(27-56(6,7)32-74-55(67)43-11-10-16-64(60-43)54(66)49(51)59-52(65)47-34(4)46(47)33(2)3)50(63(45)21-24-72-39-14-22-69-23-15-39)41-26-37(28-57-48(41)35(5)68-8)61-17-19-62(20-18-61)38-29-70-30-38/h12-13,25-26,28,31,33-35,38-39,43,46-47,49,51,60H,9-11,14-24,27,29-30,32H2,1-8H3,(H,59,65)/t34-,35-,43-,46+,47+,49-,51+/m0/s1. The maximum absolute atomic E-state index is 14.9. The Labute approximate surface area is 435 Å². The first-order valence-corrected chi connectivity index (χ1v) is 27.3. The molecule has 5 fully saturated rings. The van der Waals surface area contributed by atoms with Crippen molar-refractivity contribution in [2.24, 2.45) is 29.1 Å². The number of carbonyl (C=O) groups is 3. The van der Waals surface area contributed by atoms with Crippen LogP contribution in [0, 0.1) is 29.1 Å². The molecule has 0 unspecified atom stereocenters. The molecule has 18 nitrogen and oxygen atoms in total. The first-order valence-electron chi connectivity index (χ1n) is 27.3. The summed E-state index contributed by atoms with van der Waals surface area (Å²) in [6.45, 7) is 22.7. The number of piperazine rings is 1. The highest BCUT2D eigenvalue weighted by Crippen LogP contribution is 2.51. The van der Waals surface area contributed by atoms with Crippen molar-refractivity contribution in [3.63, 3.8) is 0 Å². The molecule has 6 bridgehead atoms. The Bertz CT molecular complexity index is 2630. The summed E-state index contributed by atoms with van der Waals surface area (Å²) < 4.78 is 45.4. The van der Waals surface area contributed by atoms with Gasteiger partial charge in [-0.3, -0.25) is 29.3 Å². The molecule has 4 saturated heterocycles. The summed E-state index contributed by atoms with van der Waals surface area (Å²) in [5.74, 6) is -0.306. The van der Waals surface area contributed by atoms with Crippen LogP contribution in [-0.4, -0.2) is 153 Å². The second-order valence-corrected chi connectivity index (χ2v) is 22.5. The van der Waals surface area contributed by atoms with Crippen molar-refractivity contribution in [2.75, 3.05) is 91.0 Å². The second-order valence-electron chi connectivity index (χ2n) is 22.5. The second kappa shape index (κ2) is 22.3. The fourth-order valence-corrected chi connectivity index (χ4v) is 12.2. The minimum atomic E-state index is -1.18. The highest BCUT2D eigenvalue weighted by Gasteiger charge is 2.54. The van der Waals surface area contributed by atoms with E-state index in [0.717, 1.165) is 96.9 Å². The minimum absolute atomic E-state index is 0.104. The van der Waals surface area contributed by atoms with Gasteiger partial charge >= 0.3 is 5.97 Å². The lowest BCUT2D eigenvalue weighted by molar-refractivity contribution is -0.157. The number of rotatable bonds is 14. The van der Waals surface area contributed by atoms with Gasteiger partial charge in [0, 0.05) is 99.6 Å². The molecule has 6 aliphatic rings. The Balaban J connectivity index is 1.11. The maximum Gasteiger partial charge on any atom is 0.324 e. The molecule has 1 saturated carbocycles. The molecular formula is C56H78N8O10. The molecule has 402 valence electrons. The number of nitrogens with zero attached hydrogens (tertiary/aromatic N) is 6. The van der Waals surface area contributed by atoms with Gasteiger partial charge in [-0.25, -0.2) is 10.4 Å². The number of hydrogen-bond donors (Lipinski definition) is 2. The van der Waals surface area contributed by atoms with Crippen LogP contribution >= 0.6 is 0 Å². The van der Waals surface area contributed by atoms with Gasteiger partial charge < -0.3 is 47.6 Å². The van der Waals surface area contributed by atoms with Gasteiger partial charge in [0.25, 0.3) is 5.91 Å². The summed E-state index contributed by atoms with van der Waals surface area (Å²) in [4.78, 5) is 58.6. The predicted octanol–water partition coefficient (Wildman–Crippen LogP) is 6.50. The molecule has 1 aliphatic carbocycles. The van der Waals surface area contributed by atoms with Crippen molar-refractivity contribution in [1.82, 2.24) is 35.2 Å². The van der Waals surface area contributed by atoms with E-state index in [0.29, 0.717) is 75.7 Å². The number of hydrogen-bond acceptors (Lipinski definition) is 15. The smallest absolute Gasteiger partial charge is 0.324 e. The topological polar surface area (TPSA) is 184 Å². The third-order valence-electron chi connectivity index (χ3n) is 16.5. The number of fused-ring (bicyclic) bond motifs is 6. The number of carbonyl (C=O) groups excluding carboxylic acids is 3. The quantitative estimate of drug-likeness (QED) is 0.130. The number of hydrazine groups is 1. The van der Waals surface area contributed by atoms with Crippen LogP contribution in [0.25, 0.3) is 33.6 Å². The van der Waals surface area contributed by atoms with Gasteiger partial charge in [-0.05, 0) is 93.5 Å². The van der Waals surface area contributed by atoms with Crippen LogP contribution in [0.2, 0.25) is 0 Å². The molecule has 2 N–H and O–H groups in total. The van der Waals surface area contributed by atoms with Gasteiger partial charge in [0.1, 0.15) is 30.1 Å². The zero-order valence-corrected chi connectivity index (χ0v) is 44.7. The number of benzene rings is 1. The molecule has 18 heteroatoms. The van der Waals surface area contributed by atoms with E-state index in [1.54, 1.807) is 7.11 Å². The van der Waals surface area contributed by atoms with E-state index in [4.69, 9.17) is 42.8 Å². The zero-order chi connectivity index (χ0) is 51.8. The van der Waals surface area contributed by atoms with Crippen LogP contribution in [0.4, 0.5) is 5.69 Å². The molecule has 5 aliphatic heterocycles. The molecule has 10 rings (SSSR count). The van der Waals surface area contributed by atoms with Gasteiger partial charge in [-0.1, -0.05) is 34.6 Å². The Hall–Kier alpha value is -4.95. The first-order chi connectivity index (χ1) is 35.7. The van der Waals surface area contributed by atoms with E-state index in [-0.39, 0.29) is 49.1 Å². The van der Waals surface area contributed by atoms with Gasteiger partial charge in [-0.2, -0.15) is 0 Å². The third-order valence-corrected chi connectivity index (χ3v) is 16.5. The number of pyridine rings is 1. The lowest BCUT2D eigenvalue weighted by atomic mass is 9.84. The van der Waals surface area contributed by atoms with Crippen LogP contribution < -0.4 is 15.6 Å². The van der Waals surface area contributed by atoms with Gasteiger partial charge in [0.15, 0.2) is 0 Å². The van der Waals surface area contributed by atoms with Crippen LogP contribution in [-0.2, 0) is 55.8 Å². The molecule has 4 aromatic rings. The lowest BCUT2D eigenvalue weighted by Crippen LogP contribution is -2.61. The Morgan fingerprint density at radius 3 is 2.49 bits per heavy atom. The summed E-state index contributed by atoms with van der Waals surface area (Å²) in [7, 11) is 1.72. The Morgan fingerprint density at radius 1 is 1.00 bits per heavy atom. The monoisotopic (exact) mass is 1020 g/mol. The van der Waals surface area contributed by atoms with Crippen LogP contribution in [0.1, 0.15) is 103 Å². The van der Waals surface area contributed by atoms with Crippen LogP contribution in [0.3, 0.4) is 0 Å². The average molecular weight is 1020 g/mol. The largest absolute Gasteiger partial charge is 0.464 e. The number of nitrogens with one attached hydrogen (secondary N) is 2. The molecule has 2 amide bonds. The first kappa shape index (κ1) is 52.5. The number of amides is 2. The van der Waals surface area contributed by atoms with Crippen molar-refractivity contribution in [3.05, 3.63) is 53.7 Å². The summed E-state index contributed by atoms with van der Waals surface area (Å²) in [6.07, 6.45) is 5.51. The molecule has 8 heterocycles. The molecule has 3 aromatic heterocycles. The van der Waals surface area contributed by atoms with Crippen LogP contribution in [0.5, 0.6) is 0 Å². The van der Waals surface area contributed by atoms with Gasteiger partial charge in [0.05, 0.1) is 67.9 Å². The van der Waals surface area contributed by atoms with E-state index in [1.165, 1.54) is 11.3 Å². The van der Waals surface area contributed by atoms with Crippen LogP contribution in [0.15, 0.2) is 41.1 Å².